The smallest absolute Gasteiger partial charge is 0.245 e. The first-order chi connectivity index (χ1) is 9.08. The molecule has 0 radical (unpaired) electrons. The molecule has 1 saturated heterocycles. The van der Waals surface area contributed by atoms with E-state index >= 15 is 0 Å². The molecule has 6 nitrogen and oxygen atoms in total. The lowest BCUT2D eigenvalue weighted by atomic mass is 10.1. The van der Waals surface area contributed by atoms with E-state index < -0.39 is 0 Å². The van der Waals surface area contributed by atoms with Crippen LogP contribution in [0.1, 0.15) is 13.8 Å². The number of pyridine rings is 1. The van der Waals surface area contributed by atoms with Crippen molar-refractivity contribution in [2.24, 2.45) is 0 Å². The zero-order valence-corrected chi connectivity index (χ0v) is 11.3. The van der Waals surface area contributed by atoms with E-state index in [1.165, 1.54) is 0 Å². The largest absolute Gasteiger partial charge is 0.384 e. The number of rotatable bonds is 3. The third kappa shape index (κ3) is 3.35. The van der Waals surface area contributed by atoms with Gasteiger partial charge in [0.05, 0.1) is 25.1 Å². The van der Waals surface area contributed by atoms with Gasteiger partial charge in [0.15, 0.2) is 0 Å². The summed E-state index contributed by atoms with van der Waals surface area (Å²) in [4.78, 5) is 18.3. The molecule has 0 saturated carbocycles. The Labute approximate surface area is 112 Å². The molecule has 1 fully saturated rings. The van der Waals surface area contributed by atoms with E-state index in [0.29, 0.717) is 25.6 Å². The minimum absolute atomic E-state index is 0.0217. The van der Waals surface area contributed by atoms with E-state index in [1.807, 2.05) is 24.8 Å². The van der Waals surface area contributed by atoms with Gasteiger partial charge in [0.25, 0.3) is 0 Å². The highest BCUT2D eigenvalue weighted by Gasteiger charge is 2.30. The summed E-state index contributed by atoms with van der Waals surface area (Å²) in [5.74, 6) is 0.451. The summed E-state index contributed by atoms with van der Waals surface area (Å²) in [7, 11) is 0. The van der Waals surface area contributed by atoms with E-state index in [1.54, 1.807) is 12.3 Å². The molecule has 1 atom stereocenters. The van der Waals surface area contributed by atoms with E-state index in [4.69, 9.17) is 10.5 Å². The van der Waals surface area contributed by atoms with Crippen molar-refractivity contribution >= 4 is 17.4 Å². The Morgan fingerprint density at radius 3 is 3.00 bits per heavy atom. The maximum Gasteiger partial charge on any atom is 0.245 e. The third-order valence-electron chi connectivity index (χ3n) is 2.96. The normalized spacial score (nSPS) is 19.5. The Balaban J connectivity index is 2.15. The van der Waals surface area contributed by atoms with Crippen molar-refractivity contribution in [3.05, 3.63) is 18.3 Å². The SMILES string of the molecule is CC(C)NC(=O)C1COCCN1c1ccc(N)nc1. The molecule has 0 spiro atoms. The quantitative estimate of drug-likeness (QED) is 0.825. The van der Waals surface area contributed by atoms with Crippen LogP contribution in [0.3, 0.4) is 0 Å². The van der Waals surface area contributed by atoms with Gasteiger partial charge >= 0.3 is 0 Å². The number of anilines is 2. The van der Waals surface area contributed by atoms with E-state index in [9.17, 15) is 4.79 Å². The number of nitrogens with two attached hydrogens (primary N) is 1. The van der Waals surface area contributed by atoms with Crippen LogP contribution >= 0.6 is 0 Å². The molecule has 0 aromatic carbocycles. The Hall–Kier alpha value is -1.82. The van der Waals surface area contributed by atoms with E-state index in [0.717, 1.165) is 5.69 Å². The first-order valence-corrected chi connectivity index (χ1v) is 6.44. The van der Waals surface area contributed by atoms with Crippen LogP contribution in [0.25, 0.3) is 0 Å². The van der Waals surface area contributed by atoms with Gasteiger partial charge in [-0.3, -0.25) is 4.79 Å². The molecule has 1 aliphatic heterocycles. The molecule has 2 heterocycles. The molecule has 0 aliphatic carbocycles. The lowest BCUT2D eigenvalue weighted by Gasteiger charge is -2.36. The van der Waals surface area contributed by atoms with Gasteiger partial charge in [-0.05, 0) is 26.0 Å². The van der Waals surface area contributed by atoms with Gasteiger partial charge in [-0.25, -0.2) is 4.98 Å². The summed E-state index contributed by atoms with van der Waals surface area (Å²) in [6, 6.07) is 3.41. The van der Waals surface area contributed by atoms with E-state index in [2.05, 4.69) is 10.3 Å². The van der Waals surface area contributed by atoms with Gasteiger partial charge in [-0.1, -0.05) is 0 Å². The van der Waals surface area contributed by atoms with Gasteiger partial charge in [0, 0.05) is 12.6 Å². The molecule has 6 heteroatoms. The maximum absolute atomic E-state index is 12.2. The number of hydrogen-bond donors (Lipinski definition) is 2. The number of morpholine rings is 1. The minimum Gasteiger partial charge on any atom is -0.384 e. The van der Waals surface area contributed by atoms with Gasteiger partial charge in [-0.15, -0.1) is 0 Å². The summed E-state index contributed by atoms with van der Waals surface area (Å²) >= 11 is 0. The monoisotopic (exact) mass is 264 g/mol. The molecule has 3 N–H and O–H groups in total. The molecule has 1 unspecified atom stereocenters. The highest BCUT2D eigenvalue weighted by molar-refractivity contribution is 5.85. The number of carbonyl (C=O) groups is 1. The molecule has 1 aromatic heterocycles. The average molecular weight is 264 g/mol. The molecule has 2 rings (SSSR count). The summed E-state index contributed by atoms with van der Waals surface area (Å²) < 4.78 is 5.41. The second kappa shape index (κ2) is 5.88. The number of hydrogen-bond acceptors (Lipinski definition) is 5. The van der Waals surface area contributed by atoms with Crippen LogP contribution < -0.4 is 16.0 Å². The van der Waals surface area contributed by atoms with Crippen LogP contribution in [0.5, 0.6) is 0 Å². The second-order valence-electron chi connectivity index (χ2n) is 4.89. The first kappa shape index (κ1) is 13.6. The number of ether oxygens (including phenoxy) is 1. The minimum atomic E-state index is -0.318. The van der Waals surface area contributed by atoms with Crippen molar-refractivity contribution < 1.29 is 9.53 Å². The first-order valence-electron chi connectivity index (χ1n) is 6.44. The van der Waals surface area contributed by atoms with Crippen molar-refractivity contribution in [3.8, 4) is 0 Å². The fraction of sp³-hybridized carbons (Fsp3) is 0.538. The van der Waals surface area contributed by atoms with Crippen LogP contribution in [0.4, 0.5) is 11.5 Å². The Kier molecular flexibility index (Phi) is 4.21. The number of carbonyl (C=O) groups excluding carboxylic acids is 1. The Morgan fingerprint density at radius 2 is 2.37 bits per heavy atom. The van der Waals surface area contributed by atoms with Gasteiger partial charge in [-0.2, -0.15) is 0 Å². The number of nitrogens with zero attached hydrogens (tertiary/aromatic N) is 2. The maximum atomic E-state index is 12.2. The van der Waals surface area contributed by atoms with Crippen molar-refractivity contribution in [2.75, 3.05) is 30.4 Å². The third-order valence-corrected chi connectivity index (χ3v) is 2.96. The van der Waals surface area contributed by atoms with Crippen LogP contribution in [0, 0.1) is 0 Å². The average Bonchev–Trinajstić information content (AvgIpc) is 2.39. The van der Waals surface area contributed by atoms with Gasteiger partial charge in [0.2, 0.25) is 5.91 Å². The van der Waals surface area contributed by atoms with Crippen molar-refractivity contribution in [3.63, 3.8) is 0 Å². The highest BCUT2D eigenvalue weighted by Crippen LogP contribution is 2.19. The standard InChI is InChI=1S/C13H20N4O2/c1-9(2)16-13(18)11-8-19-6-5-17(11)10-3-4-12(14)15-7-10/h3-4,7,9,11H,5-6,8H2,1-2H3,(H2,14,15)(H,16,18). The number of amides is 1. The predicted octanol–water partition coefficient (Wildman–Crippen LogP) is 0.394. The zero-order valence-electron chi connectivity index (χ0n) is 11.3. The Bertz CT molecular complexity index is 433. The highest BCUT2D eigenvalue weighted by atomic mass is 16.5. The van der Waals surface area contributed by atoms with Crippen molar-refractivity contribution in [1.82, 2.24) is 10.3 Å². The summed E-state index contributed by atoms with van der Waals surface area (Å²) in [6.07, 6.45) is 1.69. The molecule has 1 aliphatic rings. The Morgan fingerprint density at radius 1 is 1.58 bits per heavy atom. The summed E-state index contributed by atoms with van der Waals surface area (Å²) in [6.45, 7) is 5.55. The lowest BCUT2D eigenvalue weighted by molar-refractivity contribution is -0.125. The topological polar surface area (TPSA) is 80.5 Å². The van der Waals surface area contributed by atoms with Gasteiger partial charge < -0.3 is 20.7 Å². The van der Waals surface area contributed by atoms with E-state index in [-0.39, 0.29) is 18.0 Å². The number of nitrogen functional groups attached to an aromatic ring is 1. The molecule has 19 heavy (non-hydrogen) atoms. The van der Waals surface area contributed by atoms with Crippen LogP contribution in [-0.4, -0.2) is 42.7 Å². The van der Waals surface area contributed by atoms with Crippen molar-refractivity contribution in [1.29, 1.82) is 0 Å². The van der Waals surface area contributed by atoms with Crippen molar-refractivity contribution in [2.45, 2.75) is 25.9 Å². The lowest BCUT2D eigenvalue weighted by Crippen LogP contribution is -2.55. The molecule has 1 amide bonds. The molecular formula is C13H20N4O2. The number of nitrogens with one attached hydrogen (secondary N) is 1. The molecule has 104 valence electrons. The fourth-order valence-electron chi connectivity index (χ4n) is 2.08. The molecule has 0 bridgehead atoms. The summed E-state index contributed by atoms with van der Waals surface area (Å²) in [5, 5.41) is 2.92. The molecular weight excluding hydrogens is 244 g/mol. The predicted molar refractivity (Wildman–Crippen MR) is 73.9 cm³/mol. The summed E-state index contributed by atoms with van der Waals surface area (Å²) in [5.41, 5.74) is 6.47. The molecule has 1 aromatic rings. The van der Waals surface area contributed by atoms with Crippen LogP contribution in [-0.2, 0) is 9.53 Å². The van der Waals surface area contributed by atoms with Crippen LogP contribution in [0.15, 0.2) is 18.3 Å². The fourth-order valence-corrected chi connectivity index (χ4v) is 2.08. The van der Waals surface area contributed by atoms with Gasteiger partial charge in [0.1, 0.15) is 11.9 Å². The second-order valence-corrected chi connectivity index (χ2v) is 4.89. The van der Waals surface area contributed by atoms with Crippen LogP contribution in [0.2, 0.25) is 0 Å². The number of aromatic nitrogens is 1. The zero-order chi connectivity index (χ0) is 13.8.